The number of aryl methyl sites for hydroxylation is 2. The summed E-state index contributed by atoms with van der Waals surface area (Å²) < 4.78 is 10.8. The molecule has 19 heavy (non-hydrogen) atoms. The molecule has 0 amide bonds. The largest absolute Gasteiger partial charge is 0.473 e. The van der Waals surface area contributed by atoms with Gasteiger partial charge >= 0.3 is 0 Å². The van der Waals surface area contributed by atoms with Crippen molar-refractivity contribution >= 4 is 5.69 Å². The van der Waals surface area contributed by atoms with E-state index in [1.165, 1.54) is 0 Å². The Labute approximate surface area is 113 Å². The summed E-state index contributed by atoms with van der Waals surface area (Å²) in [5.74, 6) is 1.45. The second-order valence-electron chi connectivity index (χ2n) is 4.68. The Hall–Kier alpha value is -2.04. The Morgan fingerprint density at radius 3 is 2.79 bits per heavy atom. The molecule has 0 aromatic carbocycles. The van der Waals surface area contributed by atoms with Gasteiger partial charge in [0.05, 0.1) is 17.5 Å². The number of aromatic nitrogens is 2. The number of hydrogen-bond acceptors (Lipinski definition) is 5. The first-order valence-corrected chi connectivity index (χ1v) is 6.35. The predicted molar refractivity (Wildman–Crippen MR) is 73.3 cm³/mol. The maximum absolute atomic E-state index is 5.66. The van der Waals surface area contributed by atoms with Gasteiger partial charge in [-0.05, 0) is 39.8 Å². The summed E-state index contributed by atoms with van der Waals surface area (Å²) in [4.78, 5) is 4.24. The molecule has 0 saturated heterocycles. The lowest BCUT2D eigenvalue weighted by atomic mass is 10.2. The normalized spacial score (nSPS) is 10.8. The summed E-state index contributed by atoms with van der Waals surface area (Å²) in [6.07, 6.45) is 1.81. The third-order valence-corrected chi connectivity index (χ3v) is 2.76. The van der Waals surface area contributed by atoms with E-state index in [1.54, 1.807) is 6.20 Å². The highest BCUT2D eigenvalue weighted by Crippen LogP contribution is 2.23. The average molecular weight is 261 g/mol. The Morgan fingerprint density at radius 1 is 1.37 bits per heavy atom. The monoisotopic (exact) mass is 261 g/mol. The van der Waals surface area contributed by atoms with Gasteiger partial charge in [0.1, 0.15) is 5.76 Å². The van der Waals surface area contributed by atoms with Gasteiger partial charge in [-0.15, -0.1) is 0 Å². The third-order valence-electron chi connectivity index (χ3n) is 2.76. The highest BCUT2D eigenvalue weighted by atomic mass is 16.5. The van der Waals surface area contributed by atoms with Crippen molar-refractivity contribution in [3.8, 4) is 5.88 Å². The molecule has 1 N–H and O–H groups in total. The van der Waals surface area contributed by atoms with Crippen molar-refractivity contribution < 1.29 is 9.26 Å². The zero-order chi connectivity index (χ0) is 13.8. The first-order chi connectivity index (χ1) is 9.08. The fourth-order valence-electron chi connectivity index (χ4n) is 1.78. The van der Waals surface area contributed by atoms with E-state index >= 15 is 0 Å². The van der Waals surface area contributed by atoms with Gasteiger partial charge in [0.15, 0.2) is 0 Å². The van der Waals surface area contributed by atoms with Crippen LogP contribution in [-0.4, -0.2) is 16.2 Å². The minimum atomic E-state index is 0.0921. The highest BCUT2D eigenvalue weighted by molar-refractivity contribution is 5.52. The summed E-state index contributed by atoms with van der Waals surface area (Å²) in [6, 6.07) is 3.83. The molecule has 102 valence electrons. The van der Waals surface area contributed by atoms with Gasteiger partial charge in [0.2, 0.25) is 5.88 Å². The summed E-state index contributed by atoms with van der Waals surface area (Å²) in [5.41, 5.74) is 2.84. The summed E-state index contributed by atoms with van der Waals surface area (Å²) >= 11 is 0. The molecule has 2 aromatic heterocycles. The quantitative estimate of drug-likeness (QED) is 0.896. The highest BCUT2D eigenvalue weighted by Gasteiger charge is 2.11. The van der Waals surface area contributed by atoms with Crippen molar-refractivity contribution in [2.24, 2.45) is 0 Å². The lowest BCUT2D eigenvalue weighted by Crippen LogP contribution is -2.10. The Kier molecular flexibility index (Phi) is 4.04. The summed E-state index contributed by atoms with van der Waals surface area (Å²) in [5, 5.41) is 7.25. The van der Waals surface area contributed by atoms with Crippen molar-refractivity contribution in [3.63, 3.8) is 0 Å². The molecule has 0 atom stereocenters. The Bertz CT molecular complexity index is 530. The smallest absolute Gasteiger partial charge is 0.237 e. The van der Waals surface area contributed by atoms with Crippen LogP contribution < -0.4 is 10.1 Å². The average Bonchev–Trinajstić information content (AvgIpc) is 2.68. The molecule has 0 saturated carbocycles. The van der Waals surface area contributed by atoms with Gasteiger partial charge in [-0.2, -0.15) is 0 Å². The topological polar surface area (TPSA) is 60.2 Å². The molecule has 5 nitrogen and oxygen atoms in total. The molecule has 0 bridgehead atoms. The molecule has 2 aromatic rings. The van der Waals surface area contributed by atoms with Gasteiger partial charge in [0, 0.05) is 18.3 Å². The van der Waals surface area contributed by atoms with Crippen LogP contribution >= 0.6 is 0 Å². The summed E-state index contributed by atoms with van der Waals surface area (Å²) in [6.45, 7) is 8.44. The first kappa shape index (κ1) is 13.4. The van der Waals surface area contributed by atoms with E-state index in [4.69, 9.17) is 9.26 Å². The zero-order valence-electron chi connectivity index (χ0n) is 11.7. The van der Waals surface area contributed by atoms with E-state index < -0.39 is 0 Å². The van der Waals surface area contributed by atoms with Crippen LogP contribution in [0.5, 0.6) is 5.88 Å². The third kappa shape index (κ3) is 3.24. The molecular formula is C14H19N3O2. The number of nitrogens with one attached hydrogen (secondary N) is 1. The van der Waals surface area contributed by atoms with Crippen molar-refractivity contribution in [1.29, 1.82) is 0 Å². The van der Waals surface area contributed by atoms with Crippen molar-refractivity contribution in [1.82, 2.24) is 10.1 Å². The molecule has 0 radical (unpaired) electrons. The van der Waals surface area contributed by atoms with Gasteiger partial charge in [0.25, 0.3) is 0 Å². The fourth-order valence-corrected chi connectivity index (χ4v) is 1.78. The van der Waals surface area contributed by atoms with E-state index in [0.717, 1.165) is 22.7 Å². The lowest BCUT2D eigenvalue weighted by molar-refractivity contribution is 0.234. The molecule has 5 heteroatoms. The number of ether oxygens (including phenoxy) is 1. The van der Waals surface area contributed by atoms with E-state index in [2.05, 4.69) is 15.5 Å². The number of nitrogens with zero attached hydrogens (tertiary/aromatic N) is 2. The maximum atomic E-state index is 5.66. The van der Waals surface area contributed by atoms with E-state index in [9.17, 15) is 0 Å². The van der Waals surface area contributed by atoms with Crippen LogP contribution in [-0.2, 0) is 6.54 Å². The SMILES string of the molecule is Cc1noc(C)c1CNc1cccnc1OC(C)C. The van der Waals surface area contributed by atoms with Crippen LogP contribution in [0.3, 0.4) is 0 Å². The minimum Gasteiger partial charge on any atom is -0.473 e. The molecular weight excluding hydrogens is 242 g/mol. The standard InChI is InChI=1S/C14H19N3O2/c1-9(2)18-14-13(6-5-7-15-14)16-8-12-10(3)17-19-11(12)4/h5-7,9,16H,8H2,1-4H3. The van der Waals surface area contributed by atoms with Crippen LogP contribution in [0.2, 0.25) is 0 Å². The minimum absolute atomic E-state index is 0.0921. The Morgan fingerprint density at radius 2 is 2.16 bits per heavy atom. The molecule has 0 fully saturated rings. The number of pyridine rings is 1. The first-order valence-electron chi connectivity index (χ1n) is 6.35. The molecule has 2 heterocycles. The second-order valence-corrected chi connectivity index (χ2v) is 4.68. The van der Waals surface area contributed by atoms with Gasteiger partial charge in [-0.1, -0.05) is 5.16 Å². The van der Waals surface area contributed by atoms with Crippen LogP contribution in [0.1, 0.15) is 30.9 Å². The molecule has 0 aliphatic rings. The van der Waals surface area contributed by atoms with Crippen LogP contribution in [0.4, 0.5) is 5.69 Å². The molecule has 0 aliphatic heterocycles. The maximum Gasteiger partial charge on any atom is 0.237 e. The summed E-state index contributed by atoms with van der Waals surface area (Å²) in [7, 11) is 0. The van der Waals surface area contributed by atoms with E-state index in [0.29, 0.717) is 12.4 Å². The van der Waals surface area contributed by atoms with Crippen molar-refractivity contribution in [2.75, 3.05) is 5.32 Å². The molecule has 2 rings (SSSR count). The molecule has 0 spiro atoms. The van der Waals surface area contributed by atoms with Gasteiger partial charge < -0.3 is 14.6 Å². The van der Waals surface area contributed by atoms with Crippen LogP contribution in [0.15, 0.2) is 22.9 Å². The molecule has 0 unspecified atom stereocenters. The zero-order valence-corrected chi connectivity index (χ0v) is 11.7. The molecule has 0 aliphatic carbocycles. The fraction of sp³-hybridized carbons (Fsp3) is 0.429. The lowest BCUT2D eigenvalue weighted by Gasteiger charge is -2.14. The second kappa shape index (κ2) is 5.73. The van der Waals surface area contributed by atoms with Gasteiger partial charge in [-0.3, -0.25) is 0 Å². The predicted octanol–water partition coefficient (Wildman–Crippen LogP) is 3.09. The van der Waals surface area contributed by atoms with Gasteiger partial charge in [-0.25, -0.2) is 4.98 Å². The van der Waals surface area contributed by atoms with Crippen molar-refractivity contribution in [2.45, 2.75) is 40.3 Å². The number of hydrogen-bond donors (Lipinski definition) is 1. The Balaban J connectivity index is 2.11. The van der Waals surface area contributed by atoms with Crippen LogP contribution in [0.25, 0.3) is 0 Å². The number of anilines is 1. The van der Waals surface area contributed by atoms with Crippen molar-refractivity contribution in [3.05, 3.63) is 35.3 Å². The number of rotatable bonds is 5. The van der Waals surface area contributed by atoms with E-state index in [-0.39, 0.29) is 6.10 Å². The van der Waals surface area contributed by atoms with E-state index in [1.807, 2.05) is 39.8 Å². The van der Waals surface area contributed by atoms with Crippen LogP contribution in [0, 0.1) is 13.8 Å².